The normalized spacial score (nSPS) is 25.2. The molecule has 1 aromatic rings. The first-order valence-corrected chi connectivity index (χ1v) is 8.65. The number of halogens is 1. The van der Waals surface area contributed by atoms with Crippen molar-refractivity contribution < 1.29 is 19.7 Å². The summed E-state index contributed by atoms with van der Waals surface area (Å²) in [5.41, 5.74) is 0.253. The molecular formula is C17H23ClN2O4. The van der Waals surface area contributed by atoms with Gasteiger partial charge in [0.1, 0.15) is 5.75 Å². The van der Waals surface area contributed by atoms with Gasteiger partial charge in [0.15, 0.2) is 0 Å². The van der Waals surface area contributed by atoms with E-state index in [1.54, 1.807) is 17.0 Å². The van der Waals surface area contributed by atoms with Gasteiger partial charge in [-0.05, 0) is 24.1 Å². The number of amides is 1. The molecule has 7 heteroatoms. The fraction of sp³-hybridized carbons (Fsp3) is 0.588. The maximum Gasteiger partial charge on any atom is 0.257 e. The summed E-state index contributed by atoms with van der Waals surface area (Å²) in [6.45, 7) is 5.25. The van der Waals surface area contributed by atoms with Gasteiger partial charge in [-0.25, -0.2) is 0 Å². The Morgan fingerprint density at radius 2 is 1.96 bits per heavy atom. The van der Waals surface area contributed by atoms with Crippen molar-refractivity contribution in [1.29, 1.82) is 0 Å². The fourth-order valence-electron chi connectivity index (χ4n) is 3.49. The molecule has 2 heterocycles. The highest BCUT2D eigenvalue weighted by molar-refractivity contribution is 6.30. The zero-order chi connectivity index (χ0) is 17.1. The SMILES string of the molecule is O=C(c1ccc(Cl)cc1O)N1C[C@@H](CN2CCOCC2)[C@@H](CO)C1. The molecule has 2 N–H and O–H groups in total. The summed E-state index contributed by atoms with van der Waals surface area (Å²) in [7, 11) is 0. The Labute approximate surface area is 146 Å². The van der Waals surface area contributed by atoms with E-state index < -0.39 is 0 Å². The number of rotatable bonds is 4. The molecule has 0 radical (unpaired) electrons. The molecule has 2 aliphatic heterocycles. The summed E-state index contributed by atoms with van der Waals surface area (Å²) < 4.78 is 5.36. The van der Waals surface area contributed by atoms with Gasteiger partial charge in [-0.3, -0.25) is 9.69 Å². The number of carbonyl (C=O) groups is 1. The van der Waals surface area contributed by atoms with E-state index >= 15 is 0 Å². The molecule has 6 nitrogen and oxygen atoms in total. The average molecular weight is 355 g/mol. The number of carbonyl (C=O) groups excluding carboxylic acids is 1. The highest BCUT2D eigenvalue weighted by Crippen LogP contribution is 2.29. The van der Waals surface area contributed by atoms with E-state index in [9.17, 15) is 15.0 Å². The molecule has 2 aliphatic rings. The molecular weight excluding hydrogens is 332 g/mol. The average Bonchev–Trinajstić information content (AvgIpc) is 2.98. The molecule has 0 bridgehead atoms. The molecule has 2 saturated heterocycles. The predicted molar refractivity (Wildman–Crippen MR) is 90.3 cm³/mol. The quantitative estimate of drug-likeness (QED) is 0.845. The Balaban J connectivity index is 1.67. The number of ether oxygens (including phenoxy) is 1. The first-order valence-electron chi connectivity index (χ1n) is 8.27. The van der Waals surface area contributed by atoms with Crippen molar-refractivity contribution in [3.63, 3.8) is 0 Å². The van der Waals surface area contributed by atoms with Crippen LogP contribution >= 0.6 is 11.6 Å². The maximum atomic E-state index is 12.7. The second kappa shape index (κ2) is 7.70. The summed E-state index contributed by atoms with van der Waals surface area (Å²) in [4.78, 5) is 16.7. The van der Waals surface area contributed by atoms with Crippen LogP contribution in [0.1, 0.15) is 10.4 Å². The first kappa shape index (κ1) is 17.5. The third-order valence-electron chi connectivity index (χ3n) is 4.88. The Morgan fingerprint density at radius 3 is 2.62 bits per heavy atom. The summed E-state index contributed by atoms with van der Waals surface area (Å²) in [6, 6.07) is 4.52. The van der Waals surface area contributed by atoms with Crippen LogP contribution in [0.2, 0.25) is 5.02 Å². The van der Waals surface area contributed by atoms with Gasteiger partial charge < -0.3 is 19.8 Å². The minimum Gasteiger partial charge on any atom is -0.507 e. The lowest BCUT2D eigenvalue weighted by Crippen LogP contribution is -2.41. The van der Waals surface area contributed by atoms with E-state index in [1.807, 2.05) is 0 Å². The molecule has 1 amide bonds. The van der Waals surface area contributed by atoms with Gasteiger partial charge in [-0.15, -0.1) is 0 Å². The predicted octanol–water partition coefficient (Wildman–Crippen LogP) is 1.06. The van der Waals surface area contributed by atoms with Crippen molar-refractivity contribution in [2.24, 2.45) is 11.8 Å². The van der Waals surface area contributed by atoms with Crippen LogP contribution in [-0.4, -0.2) is 78.5 Å². The second-order valence-corrected chi connectivity index (χ2v) is 6.92. The van der Waals surface area contributed by atoms with Crippen molar-refractivity contribution in [1.82, 2.24) is 9.80 Å². The fourth-order valence-corrected chi connectivity index (χ4v) is 3.66. The van der Waals surface area contributed by atoms with Crippen molar-refractivity contribution in [2.45, 2.75) is 0 Å². The molecule has 0 aliphatic carbocycles. The van der Waals surface area contributed by atoms with E-state index in [0.717, 1.165) is 32.8 Å². The van der Waals surface area contributed by atoms with Gasteiger partial charge in [0.2, 0.25) is 0 Å². The minimum absolute atomic E-state index is 0.0609. The second-order valence-electron chi connectivity index (χ2n) is 6.49. The molecule has 132 valence electrons. The molecule has 0 saturated carbocycles. The van der Waals surface area contributed by atoms with E-state index in [2.05, 4.69) is 4.90 Å². The molecule has 0 spiro atoms. The molecule has 2 atom stereocenters. The highest BCUT2D eigenvalue weighted by atomic mass is 35.5. The number of aromatic hydroxyl groups is 1. The summed E-state index contributed by atoms with van der Waals surface area (Å²) in [6.07, 6.45) is 0. The lowest BCUT2D eigenvalue weighted by atomic mass is 9.96. The van der Waals surface area contributed by atoms with Crippen LogP contribution < -0.4 is 0 Å². The van der Waals surface area contributed by atoms with E-state index in [1.165, 1.54) is 6.07 Å². The van der Waals surface area contributed by atoms with Crippen molar-refractivity contribution in [2.75, 3.05) is 52.5 Å². The maximum absolute atomic E-state index is 12.7. The van der Waals surface area contributed by atoms with E-state index in [0.29, 0.717) is 18.1 Å². The van der Waals surface area contributed by atoms with Gasteiger partial charge in [0.25, 0.3) is 5.91 Å². The van der Waals surface area contributed by atoms with E-state index in [4.69, 9.17) is 16.3 Å². The number of benzene rings is 1. The Hall–Kier alpha value is -1.34. The van der Waals surface area contributed by atoms with Crippen LogP contribution in [0.4, 0.5) is 0 Å². The van der Waals surface area contributed by atoms with Crippen molar-refractivity contribution in [3.8, 4) is 5.75 Å². The summed E-state index contributed by atoms with van der Waals surface area (Å²) in [5, 5.41) is 20.0. The standard InChI is InChI=1S/C17H23ClN2O4/c18-14-1-2-15(16(22)7-14)17(23)20-9-12(13(10-20)11-21)8-19-3-5-24-6-4-19/h1-2,7,12-13,21-22H,3-6,8-11H2/t12-,13-/m1/s1. The number of morpholine rings is 1. The number of hydrogen-bond donors (Lipinski definition) is 2. The van der Waals surface area contributed by atoms with Crippen LogP contribution in [0.15, 0.2) is 18.2 Å². The Bertz CT molecular complexity index is 592. The molecule has 24 heavy (non-hydrogen) atoms. The lowest BCUT2D eigenvalue weighted by Gasteiger charge is -2.30. The van der Waals surface area contributed by atoms with Gasteiger partial charge in [-0.1, -0.05) is 11.6 Å². The highest BCUT2D eigenvalue weighted by Gasteiger charge is 2.36. The number of likely N-dealkylation sites (tertiary alicyclic amines) is 1. The van der Waals surface area contributed by atoms with E-state index in [-0.39, 0.29) is 35.7 Å². The van der Waals surface area contributed by atoms with Gasteiger partial charge in [0, 0.05) is 50.3 Å². The van der Waals surface area contributed by atoms with Crippen molar-refractivity contribution >= 4 is 17.5 Å². The monoisotopic (exact) mass is 354 g/mol. The molecule has 1 aromatic carbocycles. The number of hydrogen-bond acceptors (Lipinski definition) is 5. The van der Waals surface area contributed by atoms with Gasteiger partial charge in [-0.2, -0.15) is 0 Å². The topological polar surface area (TPSA) is 73.2 Å². The number of phenols is 1. The largest absolute Gasteiger partial charge is 0.507 e. The number of aliphatic hydroxyl groups is 1. The van der Waals surface area contributed by atoms with Gasteiger partial charge >= 0.3 is 0 Å². The molecule has 0 aromatic heterocycles. The first-order chi connectivity index (χ1) is 11.6. The third kappa shape index (κ3) is 3.83. The lowest BCUT2D eigenvalue weighted by molar-refractivity contribution is 0.0264. The Morgan fingerprint density at radius 1 is 1.25 bits per heavy atom. The van der Waals surface area contributed by atoms with Crippen LogP contribution in [0.25, 0.3) is 0 Å². The zero-order valence-corrected chi connectivity index (χ0v) is 14.3. The summed E-state index contributed by atoms with van der Waals surface area (Å²) in [5.74, 6) is -0.0329. The number of phenolic OH excluding ortho intramolecular Hbond substituents is 1. The Kier molecular flexibility index (Phi) is 5.61. The zero-order valence-electron chi connectivity index (χ0n) is 13.5. The minimum atomic E-state index is -0.216. The third-order valence-corrected chi connectivity index (χ3v) is 5.12. The van der Waals surface area contributed by atoms with Gasteiger partial charge in [0.05, 0.1) is 18.8 Å². The van der Waals surface area contributed by atoms with Crippen LogP contribution in [0, 0.1) is 11.8 Å². The smallest absolute Gasteiger partial charge is 0.257 e. The van der Waals surface area contributed by atoms with Crippen LogP contribution in [0.3, 0.4) is 0 Å². The van der Waals surface area contributed by atoms with Crippen LogP contribution in [-0.2, 0) is 4.74 Å². The molecule has 2 fully saturated rings. The van der Waals surface area contributed by atoms with Crippen molar-refractivity contribution in [3.05, 3.63) is 28.8 Å². The molecule has 3 rings (SSSR count). The summed E-state index contributed by atoms with van der Waals surface area (Å²) >= 11 is 5.82. The van der Waals surface area contributed by atoms with Crippen LogP contribution in [0.5, 0.6) is 5.75 Å². The number of nitrogens with zero attached hydrogens (tertiary/aromatic N) is 2. The number of aliphatic hydroxyl groups excluding tert-OH is 1. The molecule has 0 unspecified atom stereocenters.